The molecule has 1 aromatic heterocycles. The smallest absolute Gasteiger partial charge is 0.255 e. The first-order valence-electron chi connectivity index (χ1n) is 6.12. The average molecular weight is 284 g/mol. The first-order valence-corrected chi connectivity index (χ1v) is 7.00. The standard InChI is InChI=1S/C15H12N2O2S/c18-13-8-11-4-2-1-3-10(11)7-12(13)15(19)17-9-14-16-5-6-20-14/h1-8,18H,9H2,(H,17,19). The molecule has 2 aromatic carbocycles. The van der Waals surface area contributed by atoms with Crippen LogP contribution in [0.2, 0.25) is 0 Å². The highest BCUT2D eigenvalue weighted by Gasteiger charge is 2.12. The number of aromatic nitrogens is 1. The quantitative estimate of drug-likeness (QED) is 0.777. The van der Waals surface area contributed by atoms with Crippen LogP contribution in [-0.4, -0.2) is 16.0 Å². The average Bonchev–Trinajstić information content (AvgIpc) is 2.97. The van der Waals surface area contributed by atoms with E-state index in [2.05, 4.69) is 10.3 Å². The van der Waals surface area contributed by atoms with Crippen LogP contribution in [0.4, 0.5) is 0 Å². The third-order valence-electron chi connectivity index (χ3n) is 2.99. The van der Waals surface area contributed by atoms with Crippen LogP contribution in [-0.2, 0) is 6.54 Å². The molecule has 5 heteroatoms. The molecule has 4 nitrogen and oxygen atoms in total. The van der Waals surface area contributed by atoms with Crippen molar-refractivity contribution in [2.45, 2.75) is 6.54 Å². The fourth-order valence-electron chi connectivity index (χ4n) is 2.00. The van der Waals surface area contributed by atoms with Crippen molar-refractivity contribution in [1.82, 2.24) is 10.3 Å². The lowest BCUT2D eigenvalue weighted by atomic mass is 10.1. The summed E-state index contributed by atoms with van der Waals surface area (Å²) in [7, 11) is 0. The Balaban J connectivity index is 1.85. The number of phenols is 1. The zero-order valence-electron chi connectivity index (χ0n) is 10.5. The summed E-state index contributed by atoms with van der Waals surface area (Å²) in [5.41, 5.74) is 0.278. The number of hydrogen-bond acceptors (Lipinski definition) is 4. The molecular formula is C15H12N2O2S. The van der Waals surface area contributed by atoms with Gasteiger partial charge in [0.15, 0.2) is 0 Å². The summed E-state index contributed by atoms with van der Waals surface area (Å²) in [5.74, 6) is -0.316. The van der Waals surface area contributed by atoms with Crippen LogP contribution >= 0.6 is 11.3 Å². The molecule has 0 radical (unpaired) electrons. The summed E-state index contributed by atoms with van der Waals surface area (Å²) < 4.78 is 0. The zero-order chi connectivity index (χ0) is 13.9. The van der Waals surface area contributed by atoms with Gasteiger partial charge in [-0.05, 0) is 22.9 Å². The molecule has 2 N–H and O–H groups in total. The molecule has 0 bridgehead atoms. The number of benzene rings is 2. The highest BCUT2D eigenvalue weighted by atomic mass is 32.1. The second-order valence-corrected chi connectivity index (χ2v) is 5.30. The summed E-state index contributed by atoms with van der Waals surface area (Å²) in [6.07, 6.45) is 1.69. The molecule has 0 unspecified atom stereocenters. The summed E-state index contributed by atoms with van der Waals surface area (Å²) in [6, 6.07) is 10.9. The maximum absolute atomic E-state index is 12.1. The SMILES string of the molecule is O=C(NCc1nccs1)c1cc2ccccc2cc1O. The minimum Gasteiger partial charge on any atom is -0.507 e. The van der Waals surface area contributed by atoms with Crippen LogP contribution in [0.25, 0.3) is 10.8 Å². The summed E-state index contributed by atoms with van der Waals surface area (Å²) in [4.78, 5) is 16.2. The Hall–Kier alpha value is -2.40. The van der Waals surface area contributed by atoms with Gasteiger partial charge in [-0.3, -0.25) is 4.79 Å². The van der Waals surface area contributed by atoms with E-state index in [-0.39, 0.29) is 17.2 Å². The van der Waals surface area contributed by atoms with E-state index in [1.165, 1.54) is 11.3 Å². The van der Waals surface area contributed by atoms with Gasteiger partial charge in [-0.15, -0.1) is 11.3 Å². The third-order valence-corrected chi connectivity index (χ3v) is 3.77. The summed E-state index contributed by atoms with van der Waals surface area (Å²) in [5, 5.41) is 17.2. The van der Waals surface area contributed by atoms with Crippen molar-refractivity contribution < 1.29 is 9.90 Å². The highest BCUT2D eigenvalue weighted by Crippen LogP contribution is 2.24. The molecular weight excluding hydrogens is 272 g/mol. The number of nitrogens with zero attached hydrogens (tertiary/aromatic N) is 1. The number of nitrogens with one attached hydrogen (secondary N) is 1. The van der Waals surface area contributed by atoms with Crippen molar-refractivity contribution in [2.24, 2.45) is 0 Å². The summed E-state index contributed by atoms with van der Waals surface area (Å²) >= 11 is 1.48. The fraction of sp³-hybridized carbons (Fsp3) is 0.0667. The lowest BCUT2D eigenvalue weighted by Gasteiger charge is -2.07. The first-order chi connectivity index (χ1) is 9.74. The summed E-state index contributed by atoms with van der Waals surface area (Å²) in [6.45, 7) is 0.364. The van der Waals surface area contributed by atoms with Gasteiger partial charge in [0.1, 0.15) is 10.8 Å². The molecule has 3 rings (SSSR count). The van der Waals surface area contributed by atoms with Gasteiger partial charge in [0, 0.05) is 11.6 Å². The number of rotatable bonds is 3. The monoisotopic (exact) mass is 284 g/mol. The topological polar surface area (TPSA) is 62.2 Å². The van der Waals surface area contributed by atoms with Gasteiger partial charge < -0.3 is 10.4 Å². The van der Waals surface area contributed by atoms with E-state index in [4.69, 9.17) is 0 Å². The van der Waals surface area contributed by atoms with Crippen molar-refractivity contribution in [1.29, 1.82) is 0 Å². The van der Waals surface area contributed by atoms with Crippen molar-refractivity contribution in [3.05, 3.63) is 58.5 Å². The molecule has 1 amide bonds. The second-order valence-electron chi connectivity index (χ2n) is 4.33. The molecule has 20 heavy (non-hydrogen) atoms. The van der Waals surface area contributed by atoms with Crippen LogP contribution in [0.15, 0.2) is 48.0 Å². The fourth-order valence-corrected chi connectivity index (χ4v) is 2.56. The molecule has 3 aromatic rings. The third kappa shape index (κ3) is 2.48. The number of hydrogen-bond donors (Lipinski definition) is 2. The minimum atomic E-state index is -0.302. The van der Waals surface area contributed by atoms with E-state index < -0.39 is 0 Å². The molecule has 0 saturated carbocycles. The molecule has 0 spiro atoms. The van der Waals surface area contributed by atoms with Crippen molar-refractivity contribution >= 4 is 28.0 Å². The lowest BCUT2D eigenvalue weighted by Crippen LogP contribution is -2.22. The number of amides is 1. The molecule has 1 heterocycles. The van der Waals surface area contributed by atoms with Gasteiger partial charge in [-0.2, -0.15) is 0 Å². The normalized spacial score (nSPS) is 10.6. The predicted molar refractivity (Wildman–Crippen MR) is 78.9 cm³/mol. The molecule has 0 aliphatic rings. The Morgan fingerprint density at radius 1 is 1.25 bits per heavy atom. The Kier molecular flexibility index (Phi) is 3.35. The Bertz CT molecular complexity index is 754. The van der Waals surface area contributed by atoms with Crippen LogP contribution in [0.5, 0.6) is 5.75 Å². The van der Waals surface area contributed by atoms with E-state index in [9.17, 15) is 9.90 Å². The number of thiazole rings is 1. The van der Waals surface area contributed by atoms with Crippen molar-refractivity contribution in [3.63, 3.8) is 0 Å². The van der Waals surface area contributed by atoms with E-state index >= 15 is 0 Å². The van der Waals surface area contributed by atoms with Gasteiger partial charge in [0.2, 0.25) is 0 Å². The molecule has 100 valence electrons. The van der Waals surface area contributed by atoms with Gasteiger partial charge in [0.05, 0.1) is 12.1 Å². The number of fused-ring (bicyclic) bond motifs is 1. The Morgan fingerprint density at radius 3 is 2.70 bits per heavy atom. The van der Waals surface area contributed by atoms with Crippen molar-refractivity contribution in [3.8, 4) is 5.75 Å². The number of phenolic OH excluding ortho intramolecular Hbond substituents is 1. The van der Waals surface area contributed by atoms with Gasteiger partial charge in [-0.25, -0.2) is 4.98 Å². The number of carbonyl (C=O) groups excluding carboxylic acids is 1. The Labute approximate surface area is 119 Å². The van der Waals surface area contributed by atoms with Crippen LogP contribution in [0, 0.1) is 0 Å². The largest absolute Gasteiger partial charge is 0.507 e. The molecule has 0 saturated heterocycles. The van der Waals surface area contributed by atoms with E-state index in [1.54, 1.807) is 18.3 Å². The van der Waals surface area contributed by atoms with Crippen LogP contribution in [0.3, 0.4) is 0 Å². The van der Waals surface area contributed by atoms with Crippen molar-refractivity contribution in [2.75, 3.05) is 0 Å². The number of aromatic hydroxyl groups is 1. The van der Waals surface area contributed by atoms with Gasteiger partial charge in [0.25, 0.3) is 5.91 Å². The van der Waals surface area contributed by atoms with Crippen LogP contribution < -0.4 is 5.32 Å². The zero-order valence-corrected chi connectivity index (χ0v) is 11.4. The molecule has 0 aliphatic heterocycles. The second kappa shape index (κ2) is 5.30. The maximum atomic E-state index is 12.1. The number of carbonyl (C=O) groups is 1. The Morgan fingerprint density at radius 2 is 2.00 bits per heavy atom. The van der Waals surface area contributed by atoms with E-state index in [0.717, 1.165) is 15.8 Å². The molecule has 0 atom stereocenters. The highest BCUT2D eigenvalue weighted by molar-refractivity contribution is 7.09. The predicted octanol–water partition coefficient (Wildman–Crippen LogP) is 2.93. The van der Waals surface area contributed by atoms with Gasteiger partial charge >= 0.3 is 0 Å². The van der Waals surface area contributed by atoms with Gasteiger partial charge in [-0.1, -0.05) is 24.3 Å². The maximum Gasteiger partial charge on any atom is 0.255 e. The lowest BCUT2D eigenvalue weighted by molar-refractivity contribution is 0.0948. The molecule has 0 aliphatic carbocycles. The first kappa shape index (κ1) is 12.6. The van der Waals surface area contributed by atoms with Crippen LogP contribution in [0.1, 0.15) is 15.4 Å². The molecule has 0 fully saturated rings. The van der Waals surface area contributed by atoms with E-state index in [0.29, 0.717) is 6.54 Å². The van der Waals surface area contributed by atoms with E-state index in [1.807, 2.05) is 29.6 Å². The minimum absolute atomic E-state index is 0.0136.